The highest BCUT2D eigenvalue weighted by atomic mass is 16.4. The summed E-state index contributed by atoms with van der Waals surface area (Å²) in [4.78, 5) is 22.6. The van der Waals surface area contributed by atoms with E-state index in [1.165, 1.54) is 16.7 Å². The Hall–Kier alpha value is -4.18. The van der Waals surface area contributed by atoms with Gasteiger partial charge in [0, 0.05) is 0 Å². The van der Waals surface area contributed by atoms with Crippen molar-refractivity contribution in [3.63, 3.8) is 0 Å². The van der Waals surface area contributed by atoms with Crippen molar-refractivity contribution < 1.29 is 19.8 Å². The fourth-order valence-corrected chi connectivity index (χ4v) is 5.24. The SMILES string of the molecule is O=C(O)c1cc2ccc1CCCCc1ccc(cc1)CCCC2.O=C(O)c1ccccc1CCc1ccccc1. The fraction of sp³-hybridized carbons (Fsp3) is 0.278. The fourth-order valence-electron chi connectivity index (χ4n) is 5.24. The van der Waals surface area contributed by atoms with Gasteiger partial charge in [-0.05, 0) is 110 Å². The number of carbonyl (C=O) groups is 2. The minimum atomic E-state index is -0.853. The molecule has 0 heterocycles. The van der Waals surface area contributed by atoms with E-state index in [1.54, 1.807) is 12.1 Å². The molecule has 206 valence electrons. The maximum absolute atomic E-state index is 11.5. The molecule has 0 amide bonds. The van der Waals surface area contributed by atoms with E-state index in [2.05, 4.69) is 42.5 Å². The van der Waals surface area contributed by atoms with Crippen molar-refractivity contribution in [2.75, 3.05) is 0 Å². The highest BCUT2D eigenvalue weighted by Crippen LogP contribution is 2.19. The molecule has 8 rings (SSSR count). The van der Waals surface area contributed by atoms with Gasteiger partial charge in [0.2, 0.25) is 0 Å². The van der Waals surface area contributed by atoms with Gasteiger partial charge in [0.05, 0.1) is 11.1 Å². The van der Waals surface area contributed by atoms with Crippen LogP contribution in [-0.4, -0.2) is 22.2 Å². The molecular formula is C36H38O4. The molecule has 4 aromatic carbocycles. The molecule has 4 aliphatic carbocycles. The lowest BCUT2D eigenvalue weighted by Gasteiger charge is -2.11. The summed E-state index contributed by atoms with van der Waals surface area (Å²) in [5.74, 6) is -1.65. The van der Waals surface area contributed by atoms with Gasteiger partial charge in [-0.25, -0.2) is 9.59 Å². The molecule has 0 aliphatic heterocycles. The highest BCUT2D eigenvalue weighted by molar-refractivity contribution is 5.90. The zero-order valence-corrected chi connectivity index (χ0v) is 23.0. The number of carboxylic acids is 2. The minimum Gasteiger partial charge on any atom is -0.478 e. The average Bonchev–Trinajstić information content (AvgIpc) is 2.98. The van der Waals surface area contributed by atoms with Crippen molar-refractivity contribution >= 4 is 11.9 Å². The third kappa shape index (κ3) is 8.67. The van der Waals surface area contributed by atoms with E-state index in [-0.39, 0.29) is 0 Å². The zero-order valence-electron chi connectivity index (χ0n) is 23.0. The van der Waals surface area contributed by atoms with Gasteiger partial charge in [-0.1, -0.05) is 84.9 Å². The average molecular weight is 535 g/mol. The van der Waals surface area contributed by atoms with Crippen molar-refractivity contribution in [1.29, 1.82) is 0 Å². The summed E-state index contributed by atoms with van der Waals surface area (Å²) in [5, 5.41) is 18.5. The Morgan fingerprint density at radius 1 is 0.525 bits per heavy atom. The second-order valence-corrected chi connectivity index (χ2v) is 10.5. The van der Waals surface area contributed by atoms with Crippen LogP contribution < -0.4 is 0 Å². The second kappa shape index (κ2) is 14.8. The van der Waals surface area contributed by atoms with Gasteiger partial charge in [-0.15, -0.1) is 0 Å². The Kier molecular flexibility index (Phi) is 10.7. The van der Waals surface area contributed by atoms with Crippen LogP contribution in [0.25, 0.3) is 0 Å². The first kappa shape index (κ1) is 28.8. The Labute approximate surface area is 237 Å². The summed E-state index contributed by atoms with van der Waals surface area (Å²) in [6.07, 6.45) is 9.96. The minimum absolute atomic E-state index is 0.406. The molecule has 0 radical (unpaired) electrons. The Morgan fingerprint density at radius 2 is 1.05 bits per heavy atom. The lowest BCUT2D eigenvalue weighted by Crippen LogP contribution is -2.04. The van der Waals surface area contributed by atoms with Crippen LogP contribution in [-0.2, 0) is 38.5 Å². The molecule has 0 aromatic heterocycles. The van der Waals surface area contributed by atoms with Crippen LogP contribution in [0.3, 0.4) is 0 Å². The molecule has 4 bridgehead atoms. The molecule has 0 fully saturated rings. The quantitative estimate of drug-likeness (QED) is 0.272. The summed E-state index contributed by atoms with van der Waals surface area (Å²) in [6.45, 7) is 0. The Morgan fingerprint density at radius 3 is 1.68 bits per heavy atom. The lowest BCUT2D eigenvalue weighted by molar-refractivity contribution is 0.0684. The van der Waals surface area contributed by atoms with Gasteiger partial charge in [0.15, 0.2) is 0 Å². The van der Waals surface area contributed by atoms with E-state index >= 15 is 0 Å². The maximum atomic E-state index is 11.5. The van der Waals surface area contributed by atoms with E-state index in [0.717, 1.165) is 80.9 Å². The van der Waals surface area contributed by atoms with E-state index < -0.39 is 11.9 Å². The molecular weight excluding hydrogens is 496 g/mol. The first-order valence-electron chi connectivity index (χ1n) is 14.3. The molecule has 0 atom stereocenters. The van der Waals surface area contributed by atoms with Crippen LogP contribution in [0, 0.1) is 0 Å². The molecule has 40 heavy (non-hydrogen) atoms. The van der Waals surface area contributed by atoms with Crippen LogP contribution >= 0.6 is 0 Å². The Bertz CT molecular complexity index is 1390. The highest BCUT2D eigenvalue weighted by Gasteiger charge is 2.12. The smallest absolute Gasteiger partial charge is 0.335 e. The van der Waals surface area contributed by atoms with Crippen molar-refractivity contribution in [2.45, 2.75) is 64.2 Å². The monoisotopic (exact) mass is 534 g/mol. The molecule has 0 saturated heterocycles. The summed E-state index contributed by atoms with van der Waals surface area (Å²) in [5.41, 5.74) is 7.94. The number of hydrogen-bond donors (Lipinski definition) is 2. The van der Waals surface area contributed by atoms with Gasteiger partial charge in [-0.2, -0.15) is 0 Å². The number of hydrogen-bond acceptors (Lipinski definition) is 2. The molecule has 4 heteroatoms. The number of carboxylic acid groups (broad SMARTS) is 2. The van der Waals surface area contributed by atoms with E-state index in [4.69, 9.17) is 5.11 Å². The summed E-state index contributed by atoms with van der Waals surface area (Å²) in [6, 6.07) is 32.3. The molecule has 2 N–H and O–H groups in total. The van der Waals surface area contributed by atoms with E-state index in [1.807, 2.05) is 42.5 Å². The van der Waals surface area contributed by atoms with Crippen molar-refractivity contribution in [1.82, 2.24) is 0 Å². The van der Waals surface area contributed by atoms with Gasteiger partial charge in [-0.3, -0.25) is 0 Å². The second-order valence-electron chi connectivity index (χ2n) is 10.5. The van der Waals surface area contributed by atoms with Crippen LogP contribution in [0.5, 0.6) is 0 Å². The maximum Gasteiger partial charge on any atom is 0.335 e. The third-order valence-electron chi connectivity index (χ3n) is 7.54. The van der Waals surface area contributed by atoms with Crippen molar-refractivity contribution in [3.05, 3.63) is 142 Å². The van der Waals surface area contributed by atoms with Crippen LogP contribution in [0.1, 0.15) is 79.8 Å². The first-order chi connectivity index (χ1) is 19.5. The normalized spacial score (nSPS) is 13.3. The van der Waals surface area contributed by atoms with Crippen molar-refractivity contribution in [2.24, 2.45) is 0 Å². The summed E-state index contributed by atoms with van der Waals surface area (Å²) in [7, 11) is 0. The van der Waals surface area contributed by atoms with Crippen LogP contribution in [0.4, 0.5) is 0 Å². The van der Waals surface area contributed by atoms with Gasteiger partial charge >= 0.3 is 11.9 Å². The predicted octanol–water partition coefficient (Wildman–Crippen LogP) is 8.00. The predicted molar refractivity (Wildman–Crippen MR) is 160 cm³/mol. The van der Waals surface area contributed by atoms with Crippen LogP contribution in [0.15, 0.2) is 97.1 Å². The first-order valence-corrected chi connectivity index (χ1v) is 14.3. The number of rotatable bonds is 5. The number of benzene rings is 4. The van der Waals surface area contributed by atoms with Gasteiger partial charge in [0.1, 0.15) is 0 Å². The van der Waals surface area contributed by atoms with Gasteiger partial charge in [0.25, 0.3) is 0 Å². The number of aromatic carboxylic acids is 2. The molecule has 0 unspecified atom stereocenters. The van der Waals surface area contributed by atoms with E-state index in [9.17, 15) is 14.7 Å². The topological polar surface area (TPSA) is 74.6 Å². The Balaban J connectivity index is 0.000000194. The molecule has 0 spiro atoms. The summed E-state index contributed by atoms with van der Waals surface area (Å²) >= 11 is 0. The standard InChI is InChI=1S/C21H24O2.C15H14O2/c22-21(23)20-15-18-7-2-1-5-16-9-11-17(12-10-16)6-3-4-8-19(20)14-13-18;16-15(17)14-9-5-4-8-13(14)11-10-12-6-2-1-3-7-12/h9-15H,1-8H2,(H,22,23);1-9H,10-11H2,(H,16,17). The third-order valence-corrected chi connectivity index (χ3v) is 7.54. The summed E-state index contributed by atoms with van der Waals surface area (Å²) < 4.78 is 0. The zero-order chi connectivity index (χ0) is 28.2. The molecule has 4 aliphatic rings. The molecule has 4 aromatic rings. The van der Waals surface area contributed by atoms with Gasteiger partial charge < -0.3 is 10.2 Å². The van der Waals surface area contributed by atoms with E-state index in [0.29, 0.717) is 11.1 Å². The largest absolute Gasteiger partial charge is 0.478 e. The molecule has 0 saturated carbocycles. The number of aryl methyl sites for hydroxylation is 6. The van der Waals surface area contributed by atoms with Crippen molar-refractivity contribution in [3.8, 4) is 0 Å². The van der Waals surface area contributed by atoms with Crippen LogP contribution in [0.2, 0.25) is 0 Å². The molecule has 4 nitrogen and oxygen atoms in total. The lowest BCUT2D eigenvalue weighted by atomic mass is 9.95.